The lowest BCUT2D eigenvalue weighted by atomic mass is 9.88. The van der Waals surface area contributed by atoms with Crippen molar-refractivity contribution in [3.8, 4) is 40.9 Å². The number of halogens is 1. The molecule has 77 heavy (non-hydrogen) atoms. The van der Waals surface area contributed by atoms with Gasteiger partial charge in [-0.25, -0.2) is 0 Å². The zero-order chi connectivity index (χ0) is 56.2. The van der Waals surface area contributed by atoms with Gasteiger partial charge in [0.05, 0.1) is 83.9 Å². The van der Waals surface area contributed by atoms with Gasteiger partial charge >= 0.3 is 0 Å². The van der Waals surface area contributed by atoms with Crippen molar-refractivity contribution >= 4 is 57.0 Å². The second-order valence-corrected chi connectivity index (χ2v) is 21.7. The molecule has 428 valence electrons. The first-order valence-electron chi connectivity index (χ1n) is 25.2. The van der Waals surface area contributed by atoms with Crippen LogP contribution in [-0.2, 0) is 47.5 Å². The molecule has 0 bridgehead atoms. The van der Waals surface area contributed by atoms with Crippen LogP contribution in [0, 0.1) is 34.2 Å². The number of carbonyl (C=O) groups is 2. The van der Waals surface area contributed by atoms with E-state index in [9.17, 15) is 35.1 Å². The average molecular weight is 1230 g/mol. The molecule has 19 atom stereocenters. The second kappa shape index (κ2) is 29.7. The van der Waals surface area contributed by atoms with Gasteiger partial charge in [0.15, 0.2) is 36.2 Å². The SMILES string of the molecule is CC#CC=CC#C[C@H](OC1OC(C)C(NOC2CC(O)C(SC(=O)c3c(C)c(I)c(OC4OC(C)C(O)C(OC)C4O)c(OC)c3OC)C(C)O2)C(O)C1OC1CC(OC)C(NCC)CO1)C1=CC(=O)C[C@@H](O)C1=CSC. The first-order chi connectivity index (χ1) is 36.9. The number of hydrogen-bond donors (Lipinski definition) is 7. The summed E-state index contributed by atoms with van der Waals surface area (Å²) in [6, 6.07) is -1.13. The van der Waals surface area contributed by atoms with Gasteiger partial charge in [0, 0.05) is 39.1 Å². The van der Waals surface area contributed by atoms with Crippen LogP contribution in [0.25, 0.3) is 0 Å². The van der Waals surface area contributed by atoms with Crippen LogP contribution >= 0.6 is 46.1 Å². The Labute approximate surface area is 472 Å². The highest BCUT2D eigenvalue weighted by atomic mass is 127. The van der Waals surface area contributed by atoms with E-state index in [0.717, 1.165) is 11.8 Å². The van der Waals surface area contributed by atoms with Crippen molar-refractivity contribution in [2.24, 2.45) is 0 Å². The van der Waals surface area contributed by atoms with Crippen molar-refractivity contribution in [3.05, 3.63) is 49.5 Å². The van der Waals surface area contributed by atoms with Gasteiger partial charge in [-0.1, -0.05) is 36.4 Å². The van der Waals surface area contributed by atoms with Crippen LogP contribution in [-0.4, -0.2) is 200 Å². The van der Waals surface area contributed by atoms with Crippen molar-refractivity contribution in [1.29, 1.82) is 0 Å². The molecule has 0 spiro atoms. The van der Waals surface area contributed by atoms with E-state index < -0.39 is 109 Å². The molecule has 17 unspecified atom stereocenters. The molecule has 4 fully saturated rings. The van der Waals surface area contributed by atoms with E-state index in [0.29, 0.717) is 26.8 Å². The smallest absolute Gasteiger partial charge is 0.229 e. The molecular weight excluding hydrogens is 1160 g/mol. The van der Waals surface area contributed by atoms with E-state index in [-0.39, 0.29) is 66.6 Å². The fraction of sp³-hybridized carbons (Fsp3) is 0.660. The number of methoxy groups -OCH3 is 4. The van der Waals surface area contributed by atoms with Gasteiger partial charge in [0.1, 0.15) is 36.6 Å². The molecular formula is C53H73IN2O19S2. The second-order valence-electron chi connectivity index (χ2n) is 18.8. The molecule has 6 rings (SSSR count). The Balaban J connectivity index is 1.19. The maximum atomic E-state index is 14.4. The maximum Gasteiger partial charge on any atom is 0.229 e. The molecule has 1 aromatic carbocycles. The van der Waals surface area contributed by atoms with Crippen LogP contribution in [0.5, 0.6) is 17.2 Å². The Morgan fingerprint density at radius 1 is 0.896 bits per heavy atom. The number of likely N-dealkylation sites (N-methyl/N-ethyl adjacent to an activating group) is 1. The molecule has 1 aliphatic carbocycles. The van der Waals surface area contributed by atoms with Gasteiger partial charge in [-0.2, -0.15) is 5.48 Å². The minimum atomic E-state index is -1.43. The summed E-state index contributed by atoms with van der Waals surface area (Å²) in [4.78, 5) is 33.4. The summed E-state index contributed by atoms with van der Waals surface area (Å²) in [5.41, 5.74) is 4.28. The van der Waals surface area contributed by atoms with E-state index in [1.807, 2.05) is 35.8 Å². The zero-order valence-electron chi connectivity index (χ0n) is 45.0. The van der Waals surface area contributed by atoms with E-state index in [2.05, 4.69) is 34.5 Å². The molecule has 0 saturated carbocycles. The summed E-state index contributed by atoms with van der Waals surface area (Å²) in [7, 11) is 5.70. The number of ketones is 1. The topological polar surface area (TPSA) is 270 Å². The fourth-order valence-corrected chi connectivity index (χ4v) is 12.0. The van der Waals surface area contributed by atoms with E-state index in [4.69, 9.17) is 56.9 Å². The molecule has 7 N–H and O–H groups in total. The minimum Gasteiger partial charge on any atom is -0.492 e. The fourth-order valence-electron chi connectivity index (χ4n) is 9.67. The number of aliphatic hydroxyl groups is 5. The molecule has 4 heterocycles. The van der Waals surface area contributed by atoms with Gasteiger partial charge in [0.25, 0.3) is 0 Å². The molecule has 1 aromatic rings. The molecule has 5 aliphatic rings. The average Bonchev–Trinajstić information content (AvgIpc) is 3.39. The Hall–Kier alpha value is -2.91. The van der Waals surface area contributed by atoms with Gasteiger partial charge in [0.2, 0.25) is 17.2 Å². The van der Waals surface area contributed by atoms with Crippen LogP contribution in [0.15, 0.2) is 34.8 Å². The largest absolute Gasteiger partial charge is 0.492 e. The van der Waals surface area contributed by atoms with Crippen LogP contribution in [0.4, 0.5) is 0 Å². The first kappa shape index (κ1) is 63.3. The number of rotatable bonds is 19. The monoisotopic (exact) mass is 1230 g/mol. The van der Waals surface area contributed by atoms with Crippen LogP contribution < -0.4 is 25.0 Å². The van der Waals surface area contributed by atoms with Crippen molar-refractivity contribution in [1.82, 2.24) is 10.8 Å². The summed E-state index contributed by atoms with van der Waals surface area (Å²) in [6.45, 7) is 11.3. The third-order valence-corrected chi connectivity index (χ3v) is 16.9. The van der Waals surface area contributed by atoms with E-state index in [1.165, 1.54) is 45.2 Å². The van der Waals surface area contributed by atoms with Gasteiger partial charge in [-0.15, -0.1) is 17.7 Å². The predicted octanol–water partition coefficient (Wildman–Crippen LogP) is 2.81. The molecule has 21 nitrogen and oxygen atoms in total. The molecule has 24 heteroatoms. The lowest BCUT2D eigenvalue weighted by molar-refractivity contribution is -0.336. The predicted molar refractivity (Wildman–Crippen MR) is 292 cm³/mol. The zero-order valence-corrected chi connectivity index (χ0v) is 48.8. The molecule has 0 radical (unpaired) electrons. The highest BCUT2D eigenvalue weighted by Gasteiger charge is 2.50. The molecule has 0 amide bonds. The standard InChI is InChI=1S/C53H73IN2O19S2/c1-12-14-15-16-17-18-35(30-19-29(57)20-33(58)31(30)24-76-11)72-53-48(73-37-22-36(64-7)32(23-68-37)55-13-2)43(61)41(26(4)70-53)56-75-38-21-34(59)50(28(6)69-38)77-51(63)39-25(3)40(54)46(49(67-10)45(39)65-8)74-52-44(62)47(66-9)42(60)27(5)71-52/h15-16,19,24,26-28,32-38,41-44,47-48,50,52-53,55-56,58-62H,13,20-23H2,1-11H3/t26?,27?,28?,32?,33-,34?,35+,36?,37?,38?,41?,42?,43?,44?,47?,48?,50?,52?,53?/m1/s1. The maximum absolute atomic E-state index is 14.4. The Bertz CT molecular complexity index is 2400. The number of nitrogens with one attached hydrogen (secondary N) is 2. The highest BCUT2D eigenvalue weighted by Crippen LogP contribution is 2.49. The summed E-state index contributed by atoms with van der Waals surface area (Å²) >= 11 is 4.19. The molecule has 4 aliphatic heterocycles. The van der Waals surface area contributed by atoms with Gasteiger partial charge < -0.3 is 83.0 Å². The van der Waals surface area contributed by atoms with Crippen LogP contribution in [0.3, 0.4) is 0 Å². The lowest BCUT2D eigenvalue weighted by Crippen LogP contribution is -2.65. The highest BCUT2D eigenvalue weighted by molar-refractivity contribution is 14.1. The lowest BCUT2D eigenvalue weighted by Gasteiger charge is -2.46. The van der Waals surface area contributed by atoms with Gasteiger partial charge in [-0.05, 0) is 105 Å². The van der Waals surface area contributed by atoms with Gasteiger partial charge in [-0.3, -0.25) is 14.4 Å². The summed E-state index contributed by atoms with van der Waals surface area (Å²) in [5, 5.41) is 60.4. The number of hydroxylamine groups is 1. The van der Waals surface area contributed by atoms with Crippen LogP contribution in [0.2, 0.25) is 0 Å². The quantitative estimate of drug-likeness (QED) is 0.0596. The first-order valence-corrected chi connectivity index (χ1v) is 28.5. The normalized spacial score (nSPS) is 35.6. The molecule has 4 saturated heterocycles. The summed E-state index contributed by atoms with van der Waals surface area (Å²) in [5.74, 6) is 11.4. The summed E-state index contributed by atoms with van der Waals surface area (Å²) in [6.07, 6.45) is -10.5. The third kappa shape index (κ3) is 15.2. The third-order valence-electron chi connectivity index (χ3n) is 13.7. The Kier molecular flexibility index (Phi) is 24.4. The Morgan fingerprint density at radius 2 is 1.61 bits per heavy atom. The number of thioether (sulfide) groups is 2. The number of aliphatic hydroxyl groups excluding tert-OH is 5. The van der Waals surface area contributed by atoms with Crippen molar-refractivity contribution in [2.75, 3.05) is 47.8 Å². The number of hydrogen-bond acceptors (Lipinski definition) is 23. The number of allylic oxidation sites excluding steroid dienone is 3. The minimum absolute atomic E-state index is 0.0444. The van der Waals surface area contributed by atoms with E-state index >= 15 is 0 Å². The van der Waals surface area contributed by atoms with Crippen molar-refractivity contribution < 1.29 is 92.1 Å². The van der Waals surface area contributed by atoms with Crippen molar-refractivity contribution in [2.45, 2.75) is 177 Å². The van der Waals surface area contributed by atoms with Crippen LogP contribution in [0.1, 0.15) is 69.8 Å². The van der Waals surface area contributed by atoms with Crippen molar-refractivity contribution in [3.63, 3.8) is 0 Å². The number of ether oxygens (including phenoxy) is 11. The number of benzene rings is 1. The van der Waals surface area contributed by atoms with E-state index in [1.54, 1.807) is 53.2 Å². The molecule has 0 aromatic heterocycles. The Morgan fingerprint density at radius 3 is 2.26 bits per heavy atom. The summed E-state index contributed by atoms with van der Waals surface area (Å²) < 4.78 is 67.2. The number of carbonyl (C=O) groups excluding carboxylic acids is 2.